The van der Waals surface area contributed by atoms with Crippen molar-refractivity contribution in [2.75, 3.05) is 7.05 Å². The molecule has 0 saturated carbocycles. The van der Waals surface area contributed by atoms with Crippen molar-refractivity contribution in [2.24, 2.45) is 4.99 Å². The summed E-state index contributed by atoms with van der Waals surface area (Å²) in [6.07, 6.45) is 5.24. The molecule has 2 aromatic rings. The quantitative estimate of drug-likeness (QED) is 0.745. The van der Waals surface area contributed by atoms with Crippen LogP contribution in [0.2, 0.25) is 0 Å². The number of carbonyl (C=O) groups is 1. The lowest BCUT2D eigenvalue weighted by atomic mass is 10.2. The van der Waals surface area contributed by atoms with Gasteiger partial charge in [-0.15, -0.1) is 0 Å². The predicted molar refractivity (Wildman–Crippen MR) is 93.8 cm³/mol. The van der Waals surface area contributed by atoms with Gasteiger partial charge in [-0.3, -0.25) is 14.7 Å². The van der Waals surface area contributed by atoms with Crippen LogP contribution in [0.1, 0.15) is 5.56 Å². The Bertz CT molecular complexity index is 774. The summed E-state index contributed by atoms with van der Waals surface area (Å²) in [6.45, 7) is 0. The summed E-state index contributed by atoms with van der Waals surface area (Å²) in [6, 6.07) is 11.5. The standard InChI is InChI=1S/C16H12BrN3OS/c1-20-15(21)14(9-11-4-2-5-12(17)8-11)22-16(20)19-13-6-3-7-18-10-13/h2-10H,1H3/b14-9-,19-16?. The Balaban J connectivity index is 1.90. The van der Waals surface area contributed by atoms with Crippen LogP contribution in [0.4, 0.5) is 5.69 Å². The Labute approximate surface area is 141 Å². The fourth-order valence-corrected chi connectivity index (χ4v) is 3.33. The lowest BCUT2D eigenvalue weighted by Gasteiger charge is -2.06. The maximum absolute atomic E-state index is 12.3. The number of carbonyl (C=O) groups excluding carboxylic acids is 1. The van der Waals surface area contributed by atoms with Crippen molar-refractivity contribution < 1.29 is 4.79 Å². The molecule has 0 N–H and O–H groups in total. The van der Waals surface area contributed by atoms with Crippen molar-refractivity contribution in [3.8, 4) is 0 Å². The molecule has 1 aliphatic heterocycles. The zero-order valence-electron chi connectivity index (χ0n) is 11.7. The number of amidine groups is 1. The average Bonchev–Trinajstić information content (AvgIpc) is 2.77. The number of rotatable bonds is 2. The number of benzene rings is 1. The molecule has 1 fully saturated rings. The molecule has 6 heteroatoms. The van der Waals surface area contributed by atoms with E-state index in [-0.39, 0.29) is 5.91 Å². The number of aromatic nitrogens is 1. The molecule has 0 radical (unpaired) electrons. The summed E-state index contributed by atoms with van der Waals surface area (Å²) >= 11 is 4.80. The number of aliphatic imine (C=N–C) groups is 1. The van der Waals surface area contributed by atoms with E-state index < -0.39 is 0 Å². The molecule has 1 aromatic heterocycles. The number of amides is 1. The van der Waals surface area contributed by atoms with E-state index in [1.165, 1.54) is 11.8 Å². The van der Waals surface area contributed by atoms with Crippen LogP contribution in [0.5, 0.6) is 0 Å². The van der Waals surface area contributed by atoms with Gasteiger partial charge in [-0.2, -0.15) is 0 Å². The summed E-state index contributed by atoms with van der Waals surface area (Å²) in [5.74, 6) is -0.0485. The van der Waals surface area contributed by atoms with Crippen LogP contribution in [0, 0.1) is 0 Å². The maximum atomic E-state index is 12.3. The molecule has 0 unspecified atom stereocenters. The number of likely N-dealkylation sites (N-methyl/N-ethyl adjacent to an activating group) is 1. The monoisotopic (exact) mass is 373 g/mol. The number of nitrogens with zero attached hydrogens (tertiary/aromatic N) is 3. The average molecular weight is 374 g/mol. The van der Waals surface area contributed by atoms with Gasteiger partial charge in [0.05, 0.1) is 16.8 Å². The molecule has 4 nitrogen and oxygen atoms in total. The van der Waals surface area contributed by atoms with Crippen molar-refractivity contribution in [3.63, 3.8) is 0 Å². The van der Waals surface area contributed by atoms with E-state index in [1.807, 2.05) is 42.5 Å². The van der Waals surface area contributed by atoms with Gasteiger partial charge < -0.3 is 0 Å². The molecule has 0 spiro atoms. The van der Waals surface area contributed by atoms with Gasteiger partial charge in [0.1, 0.15) is 0 Å². The van der Waals surface area contributed by atoms with Gasteiger partial charge in [0.25, 0.3) is 5.91 Å². The lowest BCUT2D eigenvalue weighted by Crippen LogP contribution is -2.23. The largest absolute Gasteiger partial charge is 0.290 e. The molecule has 1 amide bonds. The van der Waals surface area contributed by atoms with E-state index in [0.29, 0.717) is 10.1 Å². The van der Waals surface area contributed by atoms with E-state index in [1.54, 1.807) is 24.3 Å². The molecule has 0 aliphatic carbocycles. The summed E-state index contributed by atoms with van der Waals surface area (Å²) in [5.41, 5.74) is 1.70. The highest BCUT2D eigenvalue weighted by Gasteiger charge is 2.30. The molecule has 1 aromatic carbocycles. The maximum Gasteiger partial charge on any atom is 0.266 e. The van der Waals surface area contributed by atoms with Gasteiger partial charge in [-0.25, -0.2) is 4.99 Å². The van der Waals surface area contributed by atoms with Crippen LogP contribution in [-0.4, -0.2) is 28.0 Å². The molecule has 1 aliphatic rings. The smallest absolute Gasteiger partial charge is 0.266 e. The zero-order chi connectivity index (χ0) is 15.5. The topological polar surface area (TPSA) is 45.6 Å². The van der Waals surface area contributed by atoms with Gasteiger partial charge in [0, 0.05) is 17.7 Å². The number of hydrogen-bond donors (Lipinski definition) is 0. The van der Waals surface area contributed by atoms with Gasteiger partial charge >= 0.3 is 0 Å². The minimum atomic E-state index is -0.0485. The van der Waals surface area contributed by atoms with E-state index in [2.05, 4.69) is 25.9 Å². The second-order valence-corrected chi connectivity index (χ2v) is 6.56. The molecule has 22 heavy (non-hydrogen) atoms. The molecule has 3 rings (SSSR count). The van der Waals surface area contributed by atoms with E-state index in [4.69, 9.17) is 0 Å². The molecule has 2 heterocycles. The number of pyridine rings is 1. The van der Waals surface area contributed by atoms with Gasteiger partial charge in [-0.05, 0) is 47.7 Å². The highest BCUT2D eigenvalue weighted by Crippen LogP contribution is 2.33. The first-order chi connectivity index (χ1) is 10.6. The minimum Gasteiger partial charge on any atom is -0.290 e. The van der Waals surface area contributed by atoms with Crippen molar-refractivity contribution in [3.05, 3.63) is 63.7 Å². The molecule has 1 saturated heterocycles. The molecule has 0 bridgehead atoms. The van der Waals surface area contributed by atoms with Crippen LogP contribution >= 0.6 is 27.7 Å². The highest BCUT2D eigenvalue weighted by molar-refractivity contribution is 9.10. The first-order valence-electron chi connectivity index (χ1n) is 6.55. The Morgan fingerprint density at radius 3 is 2.91 bits per heavy atom. The lowest BCUT2D eigenvalue weighted by molar-refractivity contribution is -0.121. The van der Waals surface area contributed by atoms with Crippen molar-refractivity contribution in [2.45, 2.75) is 0 Å². The number of hydrogen-bond acceptors (Lipinski definition) is 4. The summed E-state index contributed by atoms with van der Waals surface area (Å²) in [7, 11) is 1.73. The van der Waals surface area contributed by atoms with Crippen molar-refractivity contribution >= 4 is 50.5 Å². The fourth-order valence-electron chi connectivity index (χ4n) is 1.93. The molecular weight excluding hydrogens is 362 g/mol. The molecule has 0 atom stereocenters. The molecule has 110 valence electrons. The van der Waals surface area contributed by atoms with Crippen LogP contribution in [0.25, 0.3) is 6.08 Å². The first-order valence-corrected chi connectivity index (χ1v) is 8.16. The summed E-state index contributed by atoms with van der Waals surface area (Å²) in [5, 5.41) is 0.652. The highest BCUT2D eigenvalue weighted by atomic mass is 79.9. The number of thioether (sulfide) groups is 1. The van der Waals surface area contributed by atoms with Gasteiger partial charge in [-0.1, -0.05) is 28.1 Å². The Hall–Kier alpha value is -1.92. The zero-order valence-corrected chi connectivity index (χ0v) is 14.1. The van der Waals surface area contributed by atoms with Crippen molar-refractivity contribution in [1.29, 1.82) is 0 Å². The van der Waals surface area contributed by atoms with E-state index >= 15 is 0 Å². The first kappa shape index (κ1) is 15.0. The van der Waals surface area contributed by atoms with Crippen molar-refractivity contribution in [1.82, 2.24) is 9.88 Å². The van der Waals surface area contributed by atoms with Crippen LogP contribution < -0.4 is 0 Å². The van der Waals surface area contributed by atoms with Crippen LogP contribution in [0.3, 0.4) is 0 Å². The fraction of sp³-hybridized carbons (Fsp3) is 0.0625. The Morgan fingerprint density at radius 1 is 1.32 bits per heavy atom. The third-order valence-corrected chi connectivity index (χ3v) is 4.57. The van der Waals surface area contributed by atoms with Gasteiger partial charge in [0.2, 0.25) is 0 Å². The Morgan fingerprint density at radius 2 is 2.18 bits per heavy atom. The van der Waals surface area contributed by atoms with Gasteiger partial charge in [0.15, 0.2) is 5.17 Å². The second-order valence-electron chi connectivity index (χ2n) is 4.64. The minimum absolute atomic E-state index is 0.0485. The summed E-state index contributed by atoms with van der Waals surface area (Å²) < 4.78 is 0.981. The Kier molecular flexibility index (Phi) is 4.40. The van der Waals surface area contributed by atoms with E-state index in [9.17, 15) is 4.79 Å². The second kappa shape index (κ2) is 6.46. The third kappa shape index (κ3) is 3.28. The predicted octanol–water partition coefficient (Wildman–Crippen LogP) is 4.08. The van der Waals surface area contributed by atoms with E-state index in [0.717, 1.165) is 15.7 Å². The van der Waals surface area contributed by atoms with Crippen LogP contribution in [0.15, 0.2) is 63.2 Å². The molecular formula is C16H12BrN3OS. The SMILES string of the molecule is CN1C(=O)/C(=C/c2cccc(Br)c2)SC1=Nc1cccnc1. The van der Waals surface area contributed by atoms with Crippen LogP contribution in [-0.2, 0) is 4.79 Å². The number of halogens is 1. The third-order valence-electron chi connectivity index (χ3n) is 3.02. The summed E-state index contributed by atoms with van der Waals surface area (Å²) in [4.78, 5) is 23.0. The normalized spacial score (nSPS) is 18.5.